The normalized spacial score (nSPS) is 27.2. The van der Waals surface area contributed by atoms with E-state index in [1.807, 2.05) is 58.9 Å². The van der Waals surface area contributed by atoms with E-state index in [0.29, 0.717) is 45.0 Å². The van der Waals surface area contributed by atoms with Gasteiger partial charge >= 0.3 is 0 Å². The highest BCUT2D eigenvalue weighted by Crippen LogP contribution is 2.50. The van der Waals surface area contributed by atoms with E-state index in [4.69, 9.17) is 4.74 Å². The molecule has 1 aromatic heterocycles. The predicted molar refractivity (Wildman–Crippen MR) is 125 cm³/mol. The maximum absolute atomic E-state index is 13.8. The maximum Gasteiger partial charge on any atom is 0.258 e. The number of likely N-dealkylation sites (tertiary alicyclic amines) is 1. The van der Waals surface area contributed by atoms with E-state index in [1.54, 1.807) is 0 Å². The molecule has 1 aromatic carbocycles. The van der Waals surface area contributed by atoms with Crippen LogP contribution >= 0.6 is 0 Å². The van der Waals surface area contributed by atoms with Gasteiger partial charge in [-0.2, -0.15) is 0 Å². The molecule has 0 unspecified atom stereocenters. The highest BCUT2D eigenvalue weighted by molar-refractivity contribution is 5.83. The molecule has 0 aliphatic carbocycles. The van der Waals surface area contributed by atoms with E-state index in [1.165, 1.54) is 0 Å². The minimum absolute atomic E-state index is 0.00209. The number of carbonyl (C=O) groups excluding carboxylic acids is 1. The lowest BCUT2D eigenvalue weighted by Gasteiger charge is -2.36. The Balaban J connectivity index is 1.57. The first-order valence-corrected chi connectivity index (χ1v) is 11.8. The number of hydrogen-bond donors (Lipinski definition) is 1. The summed E-state index contributed by atoms with van der Waals surface area (Å²) in [5, 5.41) is 10.5. The number of carbonyl (C=O) groups is 1. The molecule has 0 bridgehead atoms. The lowest BCUT2D eigenvalue weighted by atomic mass is 9.88. The van der Waals surface area contributed by atoms with E-state index >= 15 is 0 Å². The van der Waals surface area contributed by atoms with Gasteiger partial charge in [-0.05, 0) is 24.6 Å². The number of allylic oxidation sites excluding steroid dienone is 1. The summed E-state index contributed by atoms with van der Waals surface area (Å²) in [6.07, 6.45) is 3.70. The molecule has 0 radical (unpaired) electrons. The number of aromatic nitrogens is 1. The summed E-state index contributed by atoms with van der Waals surface area (Å²) < 4.78 is 7.30. The van der Waals surface area contributed by atoms with E-state index in [0.717, 1.165) is 11.3 Å². The van der Waals surface area contributed by atoms with Gasteiger partial charge in [0, 0.05) is 55.9 Å². The highest BCUT2D eigenvalue weighted by atomic mass is 16.5. The van der Waals surface area contributed by atoms with Crippen LogP contribution in [0, 0.1) is 11.8 Å². The lowest BCUT2D eigenvalue weighted by Crippen LogP contribution is -2.52. The summed E-state index contributed by atoms with van der Waals surface area (Å²) in [6.45, 7) is 5.15. The van der Waals surface area contributed by atoms with Gasteiger partial charge in [0.25, 0.3) is 5.56 Å². The van der Waals surface area contributed by atoms with Crippen molar-refractivity contribution in [2.45, 2.75) is 32.1 Å². The first-order valence-electron chi connectivity index (χ1n) is 11.8. The third kappa shape index (κ3) is 3.84. The molecule has 4 heterocycles. The Bertz CT molecular complexity index is 1090. The van der Waals surface area contributed by atoms with Crippen LogP contribution in [0.15, 0.2) is 53.3 Å². The molecule has 1 amide bonds. The summed E-state index contributed by atoms with van der Waals surface area (Å²) >= 11 is 0. The molecule has 2 aromatic rings. The van der Waals surface area contributed by atoms with Crippen LogP contribution in [0.4, 0.5) is 0 Å². The number of nitrogens with zero attached hydrogens (tertiary/aromatic N) is 3. The van der Waals surface area contributed by atoms with Gasteiger partial charge in [-0.1, -0.05) is 42.5 Å². The van der Waals surface area contributed by atoms with E-state index in [9.17, 15) is 14.7 Å². The molecule has 3 aliphatic rings. The lowest BCUT2D eigenvalue weighted by molar-refractivity contribution is -0.142. The monoisotopic (exact) mass is 449 g/mol. The van der Waals surface area contributed by atoms with Crippen molar-refractivity contribution < 1.29 is 14.6 Å². The standard InChI is InChI=1S/C26H31N3O4/c1-2-6-19-9-10-22-23-20(16-28(22)25(19)31)21(17-30)24(26(32)27-11-13-33-14-12-27)29(23)15-18-7-4-3-5-8-18/h2-10,20-21,23-24,30H,11-17H2,1H3/b6-2+/t20-,21-,23+,24-/m0/s1. The number of morpholine rings is 1. The number of fused-ring (bicyclic) bond motifs is 3. The van der Waals surface area contributed by atoms with Crippen LogP contribution < -0.4 is 5.56 Å². The number of rotatable bonds is 5. The van der Waals surface area contributed by atoms with Crippen LogP contribution in [0.3, 0.4) is 0 Å². The average Bonchev–Trinajstić information content (AvgIpc) is 3.37. The second-order valence-electron chi connectivity index (χ2n) is 9.12. The van der Waals surface area contributed by atoms with Gasteiger partial charge in [0.1, 0.15) is 0 Å². The summed E-state index contributed by atoms with van der Waals surface area (Å²) in [7, 11) is 0. The van der Waals surface area contributed by atoms with Crippen molar-refractivity contribution in [3.05, 3.63) is 75.7 Å². The molecule has 3 aliphatic heterocycles. The number of ether oxygens (including phenoxy) is 1. The van der Waals surface area contributed by atoms with Crippen molar-refractivity contribution in [1.29, 1.82) is 0 Å². The minimum atomic E-state index is -0.428. The maximum atomic E-state index is 13.8. The first-order chi connectivity index (χ1) is 16.1. The number of benzene rings is 1. The molecule has 7 nitrogen and oxygen atoms in total. The molecule has 2 saturated heterocycles. The predicted octanol–water partition coefficient (Wildman–Crippen LogP) is 1.90. The average molecular weight is 450 g/mol. The minimum Gasteiger partial charge on any atom is -0.396 e. The molecule has 174 valence electrons. The Hall–Kier alpha value is -2.74. The third-order valence-electron chi connectivity index (χ3n) is 7.35. The zero-order valence-electron chi connectivity index (χ0n) is 19.0. The van der Waals surface area contributed by atoms with Crippen molar-refractivity contribution >= 4 is 12.0 Å². The van der Waals surface area contributed by atoms with Crippen LogP contribution in [0.5, 0.6) is 0 Å². The van der Waals surface area contributed by atoms with Crippen LogP contribution in [-0.4, -0.2) is 64.3 Å². The fraction of sp³-hybridized carbons (Fsp3) is 0.462. The molecule has 7 heteroatoms. The number of amides is 1. The van der Waals surface area contributed by atoms with Crippen molar-refractivity contribution in [1.82, 2.24) is 14.4 Å². The molecular formula is C26H31N3O4. The molecule has 2 fully saturated rings. The Morgan fingerprint density at radius 1 is 1.15 bits per heavy atom. The topological polar surface area (TPSA) is 75.0 Å². The number of aliphatic hydroxyl groups excluding tert-OH is 1. The SMILES string of the molecule is C/C=C/c1ccc2n(c1=O)C[C@H]1[C@H](CO)[C@@H](C(=O)N3CCOCC3)N(Cc3ccccc3)[C@@H]21. The molecule has 0 saturated carbocycles. The molecule has 4 atom stereocenters. The van der Waals surface area contributed by atoms with Crippen LogP contribution in [0.25, 0.3) is 6.08 Å². The summed E-state index contributed by atoms with van der Waals surface area (Å²) in [6, 6.07) is 13.5. The molecule has 5 rings (SSSR count). The Morgan fingerprint density at radius 2 is 1.91 bits per heavy atom. The van der Waals surface area contributed by atoms with Gasteiger partial charge in [0.05, 0.1) is 25.3 Å². The summed E-state index contributed by atoms with van der Waals surface area (Å²) in [5.41, 5.74) is 2.70. The van der Waals surface area contributed by atoms with Gasteiger partial charge in [-0.3, -0.25) is 14.5 Å². The smallest absolute Gasteiger partial charge is 0.258 e. The van der Waals surface area contributed by atoms with Crippen LogP contribution in [0.1, 0.15) is 29.8 Å². The van der Waals surface area contributed by atoms with Crippen LogP contribution in [-0.2, 0) is 22.6 Å². The zero-order chi connectivity index (χ0) is 22.9. The van der Waals surface area contributed by atoms with Gasteiger partial charge in [-0.15, -0.1) is 0 Å². The first kappa shape index (κ1) is 22.1. The highest BCUT2D eigenvalue weighted by Gasteiger charge is 2.56. The van der Waals surface area contributed by atoms with Crippen molar-refractivity contribution in [3.8, 4) is 0 Å². The van der Waals surface area contributed by atoms with Gasteiger partial charge in [-0.25, -0.2) is 0 Å². The largest absolute Gasteiger partial charge is 0.396 e. The second-order valence-corrected chi connectivity index (χ2v) is 9.12. The fourth-order valence-electron chi connectivity index (χ4n) is 5.85. The van der Waals surface area contributed by atoms with Gasteiger partial charge < -0.3 is 19.3 Å². The fourth-order valence-corrected chi connectivity index (χ4v) is 5.85. The molecule has 0 spiro atoms. The van der Waals surface area contributed by atoms with E-state index in [2.05, 4.69) is 17.0 Å². The number of aliphatic hydroxyl groups is 1. The summed E-state index contributed by atoms with van der Waals surface area (Å²) in [5.74, 6) is -0.178. The van der Waals surface area contributed by atoms with Crippen molar-refractivity contribution in [3.63, 3.8) is 0 Å². The van der Waals surface area contributed by atoms with Gasteiger partial charge in [0.2, 0.25) is 5.91 Å². The zero-order valence-corrected chi connectivity index (χ0v) is 19.0. The number of pyridine rings is 1. The van der Waals surface area contributed by atoms with Crippen molar-refractivity contribution in [2.75, 3.05) is 32.9 Å². The van der Waals surface area contributed by atoms with Crippen molar-refractivity contribution in [2.24, 2.45) is 11.8 Å². The molecular weight excluding hydrogens is 418 g/mol. The molecule has 1 N–H and O–H groups in total. The third-order valence-corrected chi connectivity index (χ3v) is 7.35. The molecule has 33 heavy (non-hydrogen) atoms. The second kappa shape index (κ2) is 9.25. The van der Waals surface area contributed by atoms with Gasteiger partial charge in [0.15, 0.2) is 0 Å². The Kier molecular flexibility index (Phi) is 6.19. The Morgan fingerprint density at radius 3 is 2.61 bits per heavy atom. The quantitative estimate of drug-likeness (QED) is 0.755. The van der Waals surface area contributed by atoms with E-state index < -0.39 is 6.04 Å². The number of hydrogen-bond acceptors (Lipinski definition) is 5. The van der Waals surface area contributed by atoms with Crippen LogP contribution in [0.2, 0.25) is 0 Å². The Labute approximate surface area is 193 Å². The van der Waals surface area contributed by atoms with E-state index in [-0.39, 0.29) is 36.0 Å². The summed E-state index contributed by atoms with van der Waals surface area (Å²) in [4.78, 5) is 31.0.